The Morgan fingerprint density at radius 3 is 2.35 bits per heavy atom. The van der Waals surface area contributed by atoms with Gasteiger partial charge in [0.1, 0.15) is 5.52 Å². The molecule has 1 aliphatic heterocycles. The summed E-state index contributed by atoms with van der Waals surface area (Å²) in [5, 5.41) is 3.45. The van der Waals surface area contributed by atoms with Crippen molar-refractivity contribution < 1.29 is 19.0 Å². The molecule has 1 fully saturated rings. The van der Waals surface area contributed by atoms with Crippen molar-refractivity contribution in [1.82, 2.24) is 19.5 Å². The van der Waals surface area contributed by atoms with Gasteiger partial charge in [-0.1, -0.05) is 60.7 Å². The first-order chi connectivity index (χ1) is 18.2. The maximum Gasteiger partial charge on any atom is 0.376 e. The predicted octanol–water partition coefficient (Wildman–Crippen LogP) is 4.05. The lowest BCUT2D eigenvalue weighted by molar-refractivity contribution is -0.00677. The van der Waals surface area contributed by atoms with Gasteiger partial charge in [-0.3, -0.25) is 0 Å². The Morgan fingerprint density at radius 1 is 1.03 bits per heavy atom. The molecule has 3 heterocycles. The van der Waals surface area contributed by atoms with Gasteiger partial charge in [-0.25, -0.2) is 19.7 Å². The maximum absolute atomic E-state index is 12.4. The first kappa shape index (κ1) is 24.9. The number of aromatic nitrogens is 4. The van der Waals surface area contributed by atoms with Crippen LogP contribution in [0.2, 0.25) is 0 Å². The van der Waals surface area contributed by atoms with E-state index < -0.39 is 5.97 Å². The topological polar surface area (TPSA) is 100 Å². The Morgan fingerprint density at radius 2 is 1.70 bits per heavy atom. The molecule has 2 atom stereocenters. The number of fused-ring (bicyclic) bond motifs is 1. The molecule has 9 nitrogen and oxygen atoms in total. The van der Waals surface area contributed by atoms with Crippen LogP contribution in [-0.4, -0.2) is 65.1 Å². The molecule has 192 valence electrons. The van der Waals surface area contributed by atoms with Gasteiger partial charge in [-0.15, -0.1) is 0 Å². The molecule has 1 aliphatic rings. The van der Waals surface area contributed by atoms with Crippen molar-refractivity contribution >= 4 is 23.0 Å². The molecule has 0 bridgehead atoms. The van der Waals surface area contributed by atoms with Crippen LogP contribution >= 0.6 is 0 Å². The molecular weight excluding hydrogens is 470 g/mol. The van der Waals surface area contributed by atoms with E-state index in [1.165, 1.54) is 18.2 Å². The van der Waals surface area contributed by atoms with Gasteiger partial charge in [0.2, 0.25) is 5.82 Å². The van der Waals surface area contributed by atoms with E-state index in [0.29, 0.717) is 36.7 Å². The number of ether oxygens (including phenoxy) is 3. The molecule has 0 spiro atoms. The van der Waals surface area contributed by atoms with Crippen molar-refractivity contribution in [3.05, 3.63) is 83.9 Å². The molecule has 4 aromatic rings. The molecule has 0 aliphatic carbocycles. The number of anilines is 1. The number of nitrogens with one attached hydrogen (secondary N) is 1. The quantitative estimate of drug-likeness (QED) is 0.325. The van der Waals surface area contributed by atoms with Crippen molar-refractivity contribution in [2.75, 3.05) is 32.7 Å². The average Bonchev–Trinajstić information content (AvgIpc) is 3.56. The lowest BCUT2D eigenvalue weighted by atomic mass is 9.91. The van der Waals surface area contributed by atoms with E-state index in [1.807, 2.05) is 41.0 Å². The van der Waals surface area contributed by atoms with Crippen LogP contribution in [0.15, 0.2) is 67.0 Å². The number of imidazole rings is 1. The Hall–Kier alpha value is -3.82. The van der Waals surface area contributed by atoms with E-state index in [0.717, 1.165) is 12.8 Å². The summed E-state index contributed by atoms with van der Waals surface area (Å²) >= 11 is 0. The fourth-order valence-corrected chi connectivity index (χ4v) is 4.82. The lowest BCUT2D eigenvalue weighted by Gasteiger charge is -2.19. The fraction of sp³-hybridized carbons (Fsp3) is 0.357. The molecule has 2 aromatic heterocycles. The summed E-state index contributed by atoms with van der Waals surface area (Å²) < 4.78 is 18.2. The summed E-state index contributed by atoms with van der Waals surface area (Å²) in [5.74, 6) is -0.0521. The Labute approximate surface area is 215 Å². The van der Waals surface area contributed by atoms with Crippen LogP contribution in [0.4, 0.5) is 5.82 Å². The second-order valence-corrected chi connectivity index (χ2v) is 9.12. The van der Waals surface area contributed by atoms with Gasteiger partial charge in [-0.05, 0) is 24.0 Å². The van der Waals surface area contributed by atoms with Gasteiger partial charge in [0.25, 0.3) is 0 Å². The van der Waals surface area contributed by atoms with Crippen LogP contribution in [0, 0.1) is 0 Å². The van der Waals surface area contributed by atoms with Gasteiger partial charge in [-0.2, -0.15) is 0 Å². The molecule has 2 aromatic carbocycles. The molecule has 1 saturated heterocycles. The zero-order valence-electron chi connectivity index (χ0n) is 21.0. The summed E-state index contributed by atoms with van der Waals surface area (Å²) in [6, 6.07) is 20.6. The first-order valence-electron chi connectivity index (χ1n) is 12.5. The van der Waals surface area contributed by atoms with Gasteiger partial charge in [0.15, 0.2) is 11.5 Å². The molecule has 37 heavy (non-hydrogen) atoms. The number of esters is 1. The molecule has 0 amide bonds. The van der Waals surface area contributed by atoms with Crippen molar-refractivity contribution in [1.29, 1.82) is 0 Å². The van der Waals surface area contributed by atoms with Gasteiger partial charge >= 0.3 is 5.97 Å². The number of carbonyl (C=O) groups excluding carboxylic acids is 1. The minimum atomic E-state index is -0.599. The van der Waals surface area contributed by atoms with Gasteiger partial charge in [0, 0.05) is 19.6 Å². The summed E-state index contributed by atoms with van der Waals surface area (Å²) in [6.45, 7) is 1.70. The minimum Gasteiger partial charge on any atom is -0.463 e. The van der Waals surface area contributed by atoms with Crippen LogP contribution in [0.1, 0.15) is 40.5 Å². The number of hydrogen-bond donors (Lipinski definition) is 1. The van der Waals surface area contributed by atoms with E-state index in [4.69, 9.17) is 14.2 Å². The molecule has 0 saturated carbocycles. The predicted molar refractivity (Wildman–Crippen MR) is 140 cm³/mol. The second-order valence-electron chi connectivity index (χ2n) is 9.12. The molecule has 1 N–H and O–H groups in total. The zero-order chi connectivity index (χ0) is 25.6. The summed E-state index contributed by atoms with van der Waals surface area (Å²) in [4.78, 5) is 26.0. The van der Waals surface area contributed by atoms with Crippen molar-refractivity contribution in [3.63, 3.8) is 0 Å². The lowest BCUT2D eigenvalue weighted by Crippen LogP contribution is -2.20. The van der Waals surface area contributed by atoms with Crippen LogP contribution in [-0.2, 0) is 20.8 Å². The second kappa shape index (κ2) is 11.5. The first-order valence-corrected chi connectivity index (χ1v) is 12.5. The number of rotatable bonds is 10. The molecule has 9 heteroatoms. The molecular formula is C28H31N5O4. The Kier molecular flexibility index (Phi) is 7.72. The van der Waals surface area contributed by atoms with E-state index in [1.54, 1.807) is 13.4 Å². The maximum atomic E-state index is 12.4. The van der Waals surface area contributed by atoms with Crippen LogP contribution < -0.4 is 5.32 Å². The zero-order valence-corrected chi connectivity index (χ0v) is 21.0. The van der Waals surface area contributed by atoms with Crippen molar-refractivity contribution in [2.45, 2.75) is 37.5 Å². The number of carbonyl (C=O) groups is 1. The summed E-state index contributed by atoms with van der Waals surface area (Å²) in [5.41, 5.74) is 3.51. The monoisotopic (exact) mass is 501 g/mol. The Balaban J connectivity index is 1.44. The fourth-order valence-electron chi connectivity index (χ4n) is 4.82. The summed E-state index contributed by atoms with van der Waals surface area (Å²) in [7, 11) is 3.00. The molecule has 5 rings (SSSR count). The number of hydrogen-bond acceptors (Lipinski definition) is 8. The highest BCUT2D eigenvalue weighted by Crippen LogP contribution is 2.28. The third-order valence-corrected chi connectivity index (χ3v) is 6.66. The summed E-state index contributed by atoms with van der Waals surface area (Å²) in [6.07, 6.45) is 3.70. The van der Waals surface area contributed by atoms with E-state index >= 15 is 0 Å². The van der Waals surface area contributed by atoms with Crippen molar-refractivity contribution in [2.24, 2.45) is 0 Å². The molecule has 1 unspecified atom stereocenters. The van der Waals surface area contributed by atoms with E-state index in [9.17, 15) is 4.79 Å². The normalized spacial score (nSPS) is 17.4. The van der Waals surface area contributed by atoms with Crippen molar-refractivity contribution in [3.8, 4) is 0 Å². The smallest absolute Gasteiger partial charge is 0.376 e. The highest BCUT2D eigenvalue weighted by molar-refractivity contribution is 5.91. The van der Waals surface area contributed by atoms with Crippen LogP contribution in [0.3, 0.4) is 0 Å². The largest absolute Gasteiger partial charge is 0.463 e. The standard InChI is InChI=1S/C28H31N5O4/c1-35-17-22-14-13-21(37-22)16-33-18-30-24-25(31-26(28(34)36-2)32-27(24)33)29-15-23(19-9-5-3-6-10-19)20-11-7-4-8-12-20/h3-12,18,21-23H,13-17H2,1-2H3,(H,29,31,32)/t21-,22?/m1/s1. The highest BCUT2D eigenvalue weighted by atomic mass is 16.5. The van der Waals surface area contributed by atoms with Gasteiger partial charge < -0.3 is 24.1 Å². The third-order valence-electron chi connectivity index (χ3n) is 6.66. The minimum absolute atomic E-state index is 0.0141. The number of nitrogens with zero attached hydrogens (tertiary/aromatic N) is 4. The van der Waals surface area contributed by atoms with Crippen LogP contribution in [0.5, 0.6) is 0 Å². The van der Waals surface area contributed by atoms with E-state index in [-0.39, 0.29) is 24.0 Å². The third kappa shape index (κ3) is 5.63. The molecule has 0 radical (unpaired) electrons. The number of benzene rings is 2. The van der Waals surface area contributed by atoms with Gasteiger partial charge in [0.05, 0.1) is 38.8 Å². The Bertz CT molecular complexity index is 1290. The number of methoxy groups -OCH3 is 2. The highest BCUT2D eigenvalue weighted by Gasteiger charge is 2.27. The van der Waals surface area contributed by atoms with E-state index in [2.05, 4.69) is 44.5 Å². The average molecular weight is 502 g/mol. The SMILES string of the molecule is COCC1CC[C@H](Cn2cnc3c(NCC(c4ccccc4)c4ccccc4)nc(C(=O)OC)nc32)O1. The van der Waals surface area contributed by atoms with Crippen LogP contribution in [0.25, 0.3) is 11.2 Å².